The predicted octanol–water partition coefficient (Wildman–Crippen LogP) is 0.630. The number of carbonyl (C=O) groups is 2. The molecular formula is C13H23NO5. The number of rotatable bonds is 6. The van der Waals surface area contributed by atoms with Gasteiger partial charge in [0.15, 0.2) is 5.60 Å². The molecule has 0 aromatic heterocycles. The smallest absolute Gasteiger partial charge is 0.335 e. The van der Waals surface area contributed by atoms with Crippen LogP contribution in [0.2, 0.25) is 0 Å². The van der Waals surface area contributed by atoms with Gasteiger partial charge < -0.3 is 19.8 Å². The highest BCUT2D eigenvalue weighted by Crippen LogP contribution is 2.22. The lowest BCUT2D eigenvalue weighted by molar-refractivity contribution is -0.165. The number of piperidine rings is 1. The number of likely N-dealkylation sites (tertiary alicyclic amines) is 1. The van der Waals surface area contributed by atoms with Gasteiger partial charge in [0, 0.05) is 39.0 Å². The van der Waals surface area contributed by atoms with Crippen LogP contribution in [-0.2, 0) is 14.3 Å². The number of carboxylic acids is 1. The van der Waals surface area contributed by atoms with Crippen molar-refractivity contribution < 1.29 is 24.5 Å². The maximum absolute atomic E-state index is 11.9. The third-order valence-electron chi connectivity index (χ3n) is 3.33. The minimum absolute atomic E-state index is 0.000190. The largest absolute Gasteiger partial charge is 0.479 e. The third kappa shape index (κ3) is 4.80. The number of nitrogens with zero attached hydrogens (tertiary/aromatic N) is 1. The summed E-state index contributed by atoms with van der Waals surface area (Å²) < 4.78 is 5.36. The Bertz CT molecular complexity index is 321. The summed E-state index contributed by atoms with van der Waals surface area (Å²) in [5.74, 6) is -1.20. The monoisotopic (exact) mass is 273 g/mol. The van der Waals surface area contributed by atoms with Crippen molar-refractivity contribution in [2.45, 2.75) is 51.2 Å². The Morgan fingerprint density at radius 1 is 1.32 bits per heavy atom. The third-order valence-corrected chi connectivity index (χ3v) is 3.33. The molecule has 19 heavy (non-hydrogen) atoms. The Morgan fingerprint density at radius 3 is 2.37 bits per heavy atom. The minimum atomic E-state index is -1.67. The first-order chi connectivity index (χ1) is 8.85. The average molecular weight is 273 g/mol. The lowest BCUT2D eigenvalue weighted by Gasteiger charge is -2.35. The molecule has 1 heterocycles. The molecule has 0 radical (unpaired) electrons. The van der Waals surface area contributed by atoms with Gasteiger partial charge >= 0.3 is 5.97 Å². The van der Waals surface area contributed by atoms with Gasteiger partial charge in [-0.25, -0.2) is 4.79 Å². The molecule has 6 heteroatoms. The van der Waals surface area contributed by atoms with E-state index in [1.807, 2.05) is 13.8 Å². The van der Waals surface area contributed by atoms with Crippen molar-refractivity contribution in [3.63, 3.8) is 0 Å². The molecule has 1 rings (SSSR count). The maximum atomic E-state index is 11.9. The van der Waals surface area contributed by atoms with Crippen LogP contribution in [0, 0.1) is 0 Å². The van der Waals surface area contributed by atoms with E-state index in [1.165, 1.54) is 0 Å². The summed E-state index contributed by atoms with van der Waals surface area (Å²) >= 11 is 0. The molecule has 6 nitrogen and oxygen atoms in total. The number of carboxylic acid groups (broad SMARTS) is 1. The van der Waals surface area contributed by atoms with Crippen LogP contribution in [0.1, 0.15) is 39.5 Å². The molecular weight excluding hydrogens is 250 g/mol. The lowest BCUT2D eigenvalue weighted by atomic mass is 9.91. The normalized spacial score (nSPS) is 18.6. The maximum Gasteiger partial charge on any atom is 0.335 e. The molecule has 0 saturated carbocycles. The predicted molar refractivity (Wildman–Crippen MR) is 68.7 cm³/mol. The van der Waals surface area contributed by atoms with E-state index in [0.717, 1.165) is 0 Å². The zero-order valence-corrected chi connectivity index (χ0v) is 11.6. The number of aliphatic hydroxyl groups is 1. The highest BCUT2D eigenvalue weighted by atomic mass is 16.5. The summed E-state index contributed by atoms with van der Waals surface area (Å²) in [6, 6.07) is 0. The zero-order valence-electron chi connectivity index (χ0n) is 11.6. The molecule has 0 unspecified atom stereocenters. The van der Waals surface area contributed by atoms with E-state index < -0.39 is 11.6 Å². The number of hydrogen-bond acceptors (Lipinski definition) is 4. The summed E-state index contributed by atoms with van der Waals surface area (Å²) in [6.45, 7) is 5.04. The van der Waals surface area contributed by atoms with Crippen molar-refractivity contribution in [3.8, 4) is 0 Å². The Kier molecular flexibility index (Phi) is 5.75. The molecule has 0 atom stereocenters. The molecule has 0 aromatic carbocycles. The Morgan fingerprint density at radius 2 is 1.89 bits per heavy atom. The van der Waals surface area contributed by atoms with Crippen LogP contribution in [0.15, 0.2) is 0 Å². The van der Waals surface area contributed by atoms with Crippen molar-refractivity contribution in [2.24, 2.45) is 0 Å². The van der Waals surface area contributed by atoms with Crippen LogP contribution in [0.25, 0.3) is 0 Å². The summed E-state index contributed by atoms with van der Waals surface area (Å²) in [5, 5.41) is 18.6. The van der Waals surface area contributed by atoms with E-state index in [9.17, 15) is 14.7 Å². The average Bonchev–Trinajstić information content (AvgIpc) is 2.35. The second kappa shape index (κ2) is 6.86. The Labute approximate surface area is 113 Å². The van der Waals surface area contributed by atoms with Crippen molar-refractivity contribution in [3.05, 3.63) is 0 Å². The van der Waals surface area contributed by atoms with Gasteiger partial charge in [-0.05, 0) is 20.3 Å². The zero-order chi connectivity index (χ0) is 14.5. The van der Waals surface area contributed by atoms with Crippen LogP contribution in [-0.4, -0.2) is 58.4 Å². The SMILES string of the molecule is CC(C)OCCCC(=O)N1CCC(O)(C(=O)O)CC1. The molecule has 2 N–H and O–H groups in total. The standard InChI is InChI=1S/C13H23NO5/c1-10(2)19-9-3-4-11(15)14-7-5-13(18,6-8-14)12(16)17/h10,18H,3-9H2,1-2H3,(H,16,17). The molecule has 1 amide bonds. The van der Waals surface area contributed by atoms with Crippen LogP contribution in [0.4, 0.5) is 0 Å². The Hall–Kier alpha value is -1.14. The molecule has 0 aromatic rings. The fourth-order valence-electron chi connectivity index (χ4n) is 2.04. The number of aliphatic carboxylic acids is 1. The van der Waals surface area contributed by atoms with Gasteiger partial charge in [-0.1, -0.05) is 0 Å². The summed E-state index contributed by atoms with van der Waals surface area (Å²) in [6.07, 6.45) is 1.41. The van der Waals surface area contributed by atoms with E-state index >= 15 is 0 Å². The van der Waals surface area contributed by atoms with Crippen LogP contribution in [0.3, 0.4) is 0 Å². The van der Waals surface area contributed by atoms with Gasteiger partial charge in [0.1, 0.15) is 0 Å². The Balaban J connectivity index is 2.27. The van der Waals surface area contributed by atoms with E-state index in [-0.39, 0.29) is 24.9 Å². The number of ether oxygens (including phenoxy) is 1. The van der Waals surface area contributed by atoms with E-state index in [1.54, 1.807) is 4.90 Å². The molecule has 0 spiro atoms. The topological polar surface area (TPSA) is 87.1 Å². The first-order valence-electron chi connectivity index (χ1n) is 6.70. The van der Waals surface area contributed by atoms with Gasteiger partial charge in [0.05, 0.1) is 6.10 Å². The van der Waals surface area contributed by atoms with E-state index in [0.29, 0.717) is 32.5 Å². The van der Waals surface area contributed by atoms with E-state index in [4.69, 9.17) is 9.84 Å². The van der Waals surface area contributed by atoms with Crippen LogP contribution < -0.4 is 0 Å². The fourth-order valence-corrected chi connectivity index (χ4v) is 2.04. The van der Waals surface area contributed by atoms with Crippen LogP contribution in [0.5, 0.6) is 0 Å². The number of amides is 1. The van der Waals surface area contributed by atoms with Crippen molar-refractivity contribution in [1.82, 2.24) is 4.90 Å². The van der Waals surface area contributed by atoms with Crippen molar-refractivity contribution in [1.29, 1.82) is 0 Å². The lowest BCUT2D eigenvalue weighted by Crippen LogP contribution is -2.50. The summed E-state index contributed by atoms with van der Waals surface area (Å²) in [4.78, 5) is 24.3. The first-order valence-corrected chi connectivity index (χ1v) is 6.70. The van der Waals surface area contributed by atoms with Gasteiger partial charge in [0.25, 0.3) is 0 Å². The molecule has 1 saturated heterocycles. The molecule has 0 bridgehead atoms. The molecule has 0 aliphatic carbocycles. The van der Waals surface area contributed by atoms with Crippen molar-refractivity contribution in [2.75, 3.05) is 19.7 Å². The van der Waals surface area contributed by atoms with Gasteiger partial charge in [-0.3, -0.25) is 4.79 Å². The van der Waals surface area contributed by atoms with Gasteiger partial charge in [0.2, 0.25) is 5.91 Å². The molecule has 1 fully saturated rings. The highest BCUT2D eigenvalue weighted by Gasteiger charge is 2.40. The van der Waals surface area contributed by atoms with Gasteiger partial charge in [-0.15, -0.1) is 0 Å². The molecule has 1 aliphatic heterocycles. The van der Waals surface area contributed by atoms with Crippen LogP contribution >= 0.6 is 0 Å². The minimum Gasteiger partial charge on any atom is -0.479 e. The van der Waals surface area contributed by atoms with Crippen molar-refractivity contribution >= 4 is 11.9 Å². The summed E-state index contributed by atoms with van der Waals surface area (Å²) in [7, 11) is 0. The fraction of sp³-hybridized carbons (Fsp3) is 0.846. The molecule has 110 valence electrons. The highest BCUT2D eigenvalue weighted by molar-refractivity contribution is 5.79. The number of carbonyl (C=O) groups excluding carboxylic acids is 1. The van der Waals surface area contributed by atoms with E-state index in [2.05, 4.69) is 0 Å². The quantitative estimate of drug-likeness (QED) is 0.693. The van der Waals surface area contributed by atoms with Gasteiger partial charge in [-0.2, -0.15) is 0 Å². The second-order valence-electron chi connectivity index (χ2n) is 5.24. The summed E-state index contributed by atoms with van der Waals surface area (Å²) in [5.41, 5.74) is -1.67. The number of hydrogen-bond donors (Lipinski definition) is 2. The first kappa shape index (κ1) is 15.9. The second-order valence-corrected chi connectivity index (χ2v) is 5.24. The molecule has 1 aliphatic rings.